The summed E-state index contributed by atoms with van der Waals surface area (Å²) in [6.45, 7) is 0. The van der Waals surface area contributed by atoms with E-state index in [-0.39, 0.29) is 30.1 Å². The van der Waals surface area contributed by atoms with Gasteiger partial charge in [-0.3, -0.25) is 9.59 Å². The van der Waals surface area contributed by atoms with Crippen LogP contribution >= 0.6 is 0 Å². The number of aromatic nitrogens is 2. The maximum Gasteiger partial charge on any atom is 0.270 e. The third-order valence-corrected chi connectivity index (χ3v) is 3.39. The summed E-state index contributed by atoms with van der Waals surface area (Å²) < 4.78 is 12.8. The second-order valence-corrected chi connectivity index (χ2v) is 5.08. The molecular weight excluding hydrogens is 297 g/mol. The molecule has 0 radical (unpaired) electrons. The van der Waals surface area contributed by atoms with E-state index in [1.54, 1.807) is 12.1 Å². The Balaban J connectivity index is 1.68. The number of halogens is 1. The summed E-state index contributed by atoms with van der Waals surface area (Å²) in [5, 5.41) is 2.65. The van der Waals surface area contributed by atoms with E-state index in [0.717, 1.165) is 0 Å². The van der Waals surface area contributed by atoms with Gasteiger partial charge in [-0.15, -0.1) is 0 Å². The van der Waals surface area contributed by atoms with E-state index in [1.165, 1.54) is 24.3 Å². The molecule has 0 aliphatic rings. The number of para-hydroxylation sites is 2. The lowest BCUT2D eigenvalue weighted by atomic mass is 10.2. The average molecular weight is 311 g/mol. The Labute approximate surface area is 131 Å². The first-order valence-corrected chi connectivity index (χ1v) is 7.15. The van der Waals surface area contributed by atoms with Gasteiger partial charge in [0.25, 0.3) is 5.56 Å². The molecule has 3 aromatic rings. The van der Waals surface area contributed by atoms with Crippen molar-refractivity contribution in [1.82, 2.24) is 9.97 Å². The fraction of sp³-hybridized carbons (Fsp3) is 0.118. The topological polar surface area (TPSA) is 74.8 Å². The number of hydrogen-bond acceptors (Lipinski definition) is 3. The molecule has 1 amide bonds. The lowest BCUT2D eigenvalue weighted by Crippen LogP contribution is -2.19. The molecule has 3 rings (SSSR count). The normalized spacial score (nSPS) is 10.7. The number of carbonyl (C=O) groups excluding carboxylic acids is 1. The van der Waals surface area contributed by atoms with Gasteiger partial charge in [-0.2, -0.15) is 0 Å². The van der Waals surface area contributed by atoms with Crippen LogP contribution in [0.4, 0.5) is 10.1 Å². The average Bonchev–Trinajstić information content (AvgIpc) is 2.55. The first-order valence-electron chi connectivity index (χ1n) is 7.15. The molecule has 0 aliphatic carbocycles. The predicted molar refractivity (Wildman–Crippen MR) is 85.7 cm³/mol. The minimum atomic E-state index is -0.366. The molecule has 5 nitrogen and oxygen atoms in total. The molecule has 0 atom stereocenters. The van der Waals surface area contributed by atoms with Crippen LogP contribution in [0.3, 0.4) is 0 Å². The molecule has 1 aromatic heterocycles. The number of aryl methyl sites for hydroxylation is 1. The molecule has 0 bridgehead atoms. The number of hydrogen-bond donors (Lipinski definition) is 2. The molecule has 0 fully saturated rings. The summed E-state index contributed by atoms with van der Waals surface area (Å²) >= 11 is 0. The van der Waals surface area contributed by atoms with Gasteiger partial charge in [-0.25, -0.2) is 9.37 Å². The van der Waals surface area contributed by atoms with Gasteiger partial charge in [-0.05, 0) is 36.4 Å². The Bertz CT molecular complexity index is 904. The SMILES string of the molecule is O=C(CCc1nc2ccccc2[nH]c1=O)Nc1ccc(F)cc1. The Morgan fingerprint density at radius 1 is 1.13 bits per heavy atom. The second-order valence-electron chi connectivity index (χ2n) is 5.08. The van der Waals surface area contributed by atoms with E-state index >= 15 is 0 Å². The molecule has 2 aromatic carbocycles. The summed E-state index contributed by atoms with van der Waals surface area (Å²) in [5.41, 5.74) is 1.88. The van der Waals surface area contributed by atoms with Gasteiger partial charge < -0.3 is 10.3 Å². The quantitative estimate of drug-likeness (QED) is 0.778. The maximum absolute atomic E-state index is 12.8. The molecule has 0 saturated heterocycles. The van der Waals surface area contributed by atoms with Crippen LogP contribution in [0.5, 0.6) is 0 Å². The van der Waals surface area contributed by atoms with Crippen LogP contribution in [0.25, 0.3) is 11.0 Å². The highest BCUT2D eigenvalue weighted by molar-refractivity contribution is 5.90. The van der Waals surface area contributed by atoms with E-state index in [1.807, 2.05) is 12.1 Å². The van der Waals surface area contributed by atoms with Gasteiger partial charge in [0.1, 0.15) is 11.5 Å². The Morgan fingerprint density at radius 2 is 1.87 bits per heavy atom. The van der Waals surface area contributed by atoms with Crippen LogP contribution in [0.15, 0.2) is 53.3 Å². The largest absolute Gasteiger partial charge is 0.326 e. The van der Waals surface area contributed by atoms with Gasteiger partial charge >= 0.3 is 0 Å². The number of nitrogens with one attached hydrogen (secondary N) is 2. The minimum Gasteiger partial charge on any atom is -0.326 e. The Hall–Kier alpha value is -3.02. The fourth-order valence-electron chi connectivity index (χ4n) is 2.23. The minimum absolute atomic E-state index is 0.117. The molecule has 0 spiro atoms. The van der Waals surface area contributed by atoms with E-state index in [2.05, 4.69) is 15.3 Å². The van der Waals surface area contributed by atoms with Crippen molar-refractivity contribution in [3.05, 3.63) is 70.4 Å². The van der Waals surface area contributed by atoms with Gasteiger partial charge in [0.15, 0.2) is 0 Å². The van der Waals surface area contributed by atoms with Gasteiger partial charge in [-0.1, -0.05) is 12.1 Å². The number of aromatic amines is 1. The van der Waals surface area contributed by atoms with Crippen LogP contribution in [0.1, 0.15) is 12.1 Å². The van der Waals surface area contributed by atoms with Crippen molar-refractivity contribution in [2.24, 2.45) is 0 Å². The highest BCUT2D eigenvalue weighted by atomic mass is 19.1. The van der Waals surface area contributed by atoms with Crippen molar-refractivity contribution in [3.8, 4) is 0 Å². The lowest BCUT2D eigenvalue weighted by Gasteiger charge is -2.05. The summed E-state index contributed by atoms with van der Waals surface area (Å²) in [6.07, 6.45) is 0.346. The number of benzene rings is 2. The van der Waals surface area contributed by atoms with Crippen LogP contribution < -0.4 is 10.9 Å². The molecule has 1 heterocycles. The molecule has 116 valence electrons. The van der Waals surface area contributed by atoms with E-state index < -0.39 is 0 Å². The summed E-state index contributed by atoms with van der Waals surface area (Å²) in [5.74, 6) is -0.624. The number of anilines is 1. The van der Waals surface area contributed by atoms with Crippen molar-refractivity contribution in [1.29, 1.82) is 0 Å². The van der Waals surface area contributed by atoms with Crippen molar-refractivity contribution in [2.45, 2.75) is 12.8 Å². The standard InChI is InChI=1S/C17H14FN3O2/c18-11-5-7-12(8-6-11)19-16(22)10-9-15-17(23)21-14-4-2-1-3-13(14)20-15/h1-8H,9-10H2,(H,19,22)(H,21,23). The molecule has 23 heavy (non-hydrogen) atoms. The summed E-state index contributed by atoms with van der Waals surface area (Å²) in [6, 6.07) is 12.7. The van der Waals surface area contributed by atoms with Crippen LogP contribution in [-0.4, -0.2) is 15.9 Å². The fourth-order valence-corrected chi connectivity index (χ4v) is 2.23. The zero-order valence-corrected chi connectivity index (χ0v) is 12.2. The third kappa shape index (κ3) is 3.60. The highest BCUT2D eigenvalue weighted by Crippen LogP contribution is 2.10. The van der Waals surface area contributed by atoms with Gasteiger partial charge in [0.05, 0.1) is 11.0 Å². The Kier molecular flexibility index (Phi) is 4.14. The number of amides is 1. The van der Waals surface area contributed by atoms with Crippen LogP contribution in [-0.2, 0) is 11.2 Å². The smallest absolute Gasteiger partial charge is 0.270 e. The van der Waals surface area contributed by atoms with E-state index in [4.69, 9.17) is 0 Å². The van der Waals surface area contributed by atoms with Crippen LogP contribution in [0.2, 0.25) is 0 Å². The number of fused-ring (bicyclic) bond motifs is 1. The first-order chi connectivity index (χ1) is 11.1. The number of nitrogens with zero attached hydrogens (tertiary/aromatic N) is 1. The monoisotopic (exact) mass is 311 g/mol. The number of rotatable bonds is 4. The third-order valence-electron chi connectivity index (χ3n) is 3.39. The molecule has 2 N–H and O–H groups in total. The zero-order valence-electron chi connectivity index (χ0n) is 12.2. The zero-order chi connectivity index (χ0) is 16.2. The molecule has 0 saturated carbocycles. The van der Waals surface area contributed by atoms with Crippen molar-refractivity contribution in [3.63, 3.8) is 0 Å². The molecule has 0 aliphatic heterocycles. The summed E-state index contributed by atoms with van der Waals surface area (Å²) in [7, 11) is 0. The molecular formula is C17H14FN3O2. The molecule has 6 heteroatoms. The van der Waals surface area contributed by atoms with E-state index in [0.29, 0.717) is 22.4 Å². The van der Waals surface area contributed by atoms with Crippen LogP contribution in [0, 0.1) is 5.82 Å². The lowest BCUT2D eigenvalue weighted by molar-refractivity contribution is -0.116. The number of H-pyrrole nitrogens is 1. The highest BCUT2D eigenvalue weighted by Gasteiger charge is 2.08. The van der Waals surface area contributed by atoms with Crippen molar-refractivity contribution >= 4 is 22.6 Å². The maximum atomic E-state index is 12.8. The Morgan fingerprint density at radius 3 is 2.65 bits per heavy atom. The number of carbonyl (C=O) groups is 1. The first kappa shape index (κ1) is 14.9. The molecule has 0 unspecified atom stereocenters. The van der Waals surface area contributed by atoms with Crippen molar-refractivity contribution < 1.29 is 9.18 Å². The predicted octanol–water partition coefficient (Wildman–Crippen LogP) is 2.63. The second kappa shape index (κ2) is 6.39. The van der Waals surface area contributed by atoms with Gasteiger partial charge in [0.2, 0.25) is 5.91 Å². The van der Waals surface area contributed by atoms with Gasteiger partial charge in [0, 0.05) is 18.5 Å². The van der Waals surface area contributed by atoms with Crippen molar-refractivity contribution in [2.75, 3.05) is 5.32 Å². The summed E-state index contributed by atoms with van der Waals surface area (Å²) in [4.78, 5) is 30.9. The van der Waals surface area contributed by atoms with E-state index in [9.17, 15) is 14.0 Å².